The molecule has 10 atom stereocenters. The standard InChI is InChI=1S/C28H36O6/c1-15(29)33-23-21(31)22-24(2,3)19(30)8-10-25(22,4)18-7-11-26(5)17(16-9-12-32-14-16)13-20-28(26,34-20)27(18,23)6/h8-10,12,14,17-18,20-23,31H,7,11,13H2,1-6H3/t17-,18+,20+,21+,22-,23+,25+,26-,27-,28+/m0/s1. The van der Waals surface area contributed by atoms with Crippen LogP contribution in [0, 0.1) is 33.5 Å². The van der Waals surface area contributed by atoms with Gasteiger partial charge >= 0.3 is 5.97 Å². The van der Waals surface area contributed by atoms with Gasteiger partial charge in [0.2, 0.25) is 0 Å². The molecule has 0 radical (unpaired) electrons. The zero-order valence-corrected chi connectivity index (χ0v) is 21.0. The van der Waals surface area contributed by atoms with Gasteiger partial charge in [-0.3, -0.25) is 9.59 Å². The summed E-state index contributed by atoms with van der Waals surface area (Å²) >= 11 is 0. The third-order valence-corrected chi connectivity index (χ3v) is 11.2. The summed E-state index contributed by atoms with van der Waals surface area (Å²) in [6, 6.07) is 2.05. The Labute approximate surface area is 201 Å². The number of esters is 1. The molecule has 0 bridgehead atoms. The number of ether oxygens (including phenoxy) is 2. The maximum atomic E-state index is 13.0. The number of carbonyl (C=O) groups excluding carboxylic acids is 2. The number of hydrogen-bond donors (Lipinski definition) is 1. The second-order valence-corrected chi connectivity index (χ2v) is 12.8. The van der Waals surface area contributed by atoms with Gasteiger partial charge in [-0.15, -0.1) is 0 Å². The predicted molar refractivity (Wildman–Crippen MR) is 124 cm³/mol. The molecule has 0 unspecified atom stereocenters. The van der Waals surface area contributed by atoms with Crippen molar-refractivity contribution in [2.24, 2.45) is 33.5 Å². The van der Waals surface area contributed by atoms with Crippen LogP contribution in [0.2, 0.25) is 0 Å². The number of ketones is 1. The van der Waals surface area contributed by atoms with E-state index in [-0.39, 0.29) is 35.1 Å². The molecule has 1 N–H and O–H groups in total. The van der Waals surface area contributed by atoms with Crippen molar-refractivity contribution in [2.75, 3.05) is 0 Å². The van der Waals surface area contributed by atoms with Gasteiger partial charge in [0.15, 0.2) is 5.78 Å². The molecule has 6 rings (SSSR count). The predicted octanol–water partition coefficient (Wildman–Crippen LogP) is 4.42. The van der Waals surface area contributed by atoms with Crippen LogP contribution in [0.15, 0.2) is 35.2 Å². The summed E-state index contributed by atoms with van der Waals surface area (Å²) in [6.07, 6.45) is 8.41. The van der Waals surface area contributed by atoms with E-state index in [1.807, 2.05) is 26.2 Å². The van der Waals surface area contributed by atoms with E-state index < -0.39 is 40.0 Å². The second kappa shape index (κ2) is 6.44. The maximum Gasteiger partial charge on any atom is 0.303 e. The van der Waals surface area contributed by atoms with Crippen molar-refractivity contribution in [1.29, 1.82) is 0 Å². The Morgan fingerprint density at radius 1 is 1.21 bits per heavy atom. The molecule has 4 fully saturated rings. The lowest BCUT2D eigenvalue weighted by Crippen LogP contribution is -2.74. The van der Waals surface area contributed by atoms with Crippen molar-refractivity contribution >= 4 is 11.8 Å². The van der Waals surface area contributed by atoms with E-state index in [0.717, 1.165) is 19.3 Å². The van der Waals surface area contributed by atoms with Gasteiger partial charge in [-0.25, -0.2) is 0 Å². The van der Waals surface area contributed by atoms with Gasteiger partial charge in [0, 0.05) is 29.1 Å². The van der Waals surface area contributed by atoms with Gasteiger partial charge in [0.1, 0.15) is 11.7 Å². The molecule has 1 spiro atoms. The Morgan fingerprint density at radius 3 is 2.59 bits per heavy atom. The molecule has 1 saturated heterocycles. The Bertz CT molecular complexity index is 1090. The van der Waals surface area contributed by atoms with Crippen LogP contribution in [0.3, 0.4) is 0 Å². The lowest BCUT2D eigenvalue weighted by Gasteiger charge is -2.68. The van der Waals surface area contributed by atoms with Crippen LogP contribution < -0.4 is 0 Å². The van der Waals surface area contributed by atoms with E-state index in [4.69, 9.17) is 13.9 Å². The first-order valence-electron chi connectivity index (χ1n) is 12.6. The Morgan fingerprint density at radius 2 is 1.94 bits per heavy atom. The fourth-order valence-electron chi connectivity index (χ4n) is 9.97. The van der Waals surface area contributed by atoms with Crippen LogP contribution in [0.5, 0.6) is 0 Å². The minimum absolute atomic E-state index is 0.0134. The molecule has 34 heavy (non-hydrogen) atoms. The van der Waals surface area contributed by atoms with E-state index in [0.29, 0.717) is 0 Å². The maximum absolute atomic E-state index is 13.0. The van der Waals surface area contributed by atoms with Crippen LogP contribution in [-0.4, -0.2) is 40.8 Å². The van der Waals surface area contributed by atoms with E-state index in [2.05, 4.69) is 26.8 Å². The Hall–Kier alpha value is -1.92. The number of epoxide rings is 1. The van der Waals surface area contributed by atoms with Gasteiger partial charge in [0.25, 0.3) is 0 Å². The highest BCUT2D eigenvalue weighted by Gasteiger charge is 2.88. The fourth-order valence-corrected chi connectivity index (χ4v) is 9.97. The molecule has 1 aromatic heterocycles. The first-order chi connectivity index (χ1) is 15.9. The minimum atomic E-state index is -0.978. The summed E-state index contributed by atoms with van der Waals surface area (Å²) in [7, 11) is 0. The molecular formula is C28H36O6. The quantitative estimate of drug-likeness (QED) is 0.511. The smallest absolute Gasteiger partial charge is 0.303 e. The van der Waals surface area contributed by atoms with Crippen molar-refractivity contribution < 1.29 is 28.6 Å². The molecule has 6 nitrogen and oxygen atoms in total. The van der Waals surface area contributed by atoms with Gasteiger partial charge in [0.05, 0.1) is 24.7 Å². The Balaban J connectivity index is 1.55. The van der Waals surface area contributed by atoms with Crippen LogP contribution in [0.1, 0.15) is 72.3 Å². The normalized spacial score (nSPS) is 52.3. The van der Waals surface area contributed by atoms with Crippen molar-refractivity contribution in [3.8, 4) is 0 Å². The zero-order valence-electron chi connectivity index (χ0n) is 21.0. The molecule has 1 aliphatic heterocycles. The van der Waals surface area contributed by atoms with E-state index in [1.165, 1.54) is 12.5 Å². The number of allylic oxidation sites excluding steroid dienone is 2. The Kier molecular flexibility index (Phi) is 4.27. The monoisotopic (exact) mass is 468 g/mol. The molecular weight excluding hydrogens is 432 g/mol. The molecule has 3 saturated carbocycles. The lowest BCUT2D eigenvalue weighted by atomic mass is 9.36. The molecule has 0 aromatic carbocycles. The third-order valence-electron chi connectivity index (χ3n) is 11.2. The molecule has 5 aliphatic rings. The van der Waals surface area contributed by atoms with Crippen LogP contribution in [0.4, 0.5) is 0 Å². The van der Waals surface area contributed by atoms with Crippen molar-refractivity contribution in [3.63, 3.8) is 0 Å². The number of aliphatic hydroxyl groups excluding tert-OH is 1. The zero-order chi connectivity index (χ0) is 24.5. The SMILES string of the molecule is CC(=O)O[C@@H]1[C@H](O)[C@H]2C(C)(C)C(=O)C=C[C@]2(C)[C@H]2CC[C@@]3(C)[C@H](c4ccoc4)C[C@H]4O[C@]43[C@]12C. The summed E-state index contributed by atoms with van der Waals surface area (Å²) in [5.41, 5.74) is -1.31. The summed E-state index contributed by atoms with van der Waals surface area (Å²) in [6.45, 7) is 11.9. The van der Waals surface area contributed by atoms with Crippen molar-refractivity contribution in [2.45, 2.75) is 90.6 Å². The van der Waals surface area contributed by atoms with Gasteiger partial charge in [-0.2, -0.15) is 0 Å². The highest BCUT2D eigenvalue weighted by molar-refractivity contribution is 5.96. The summed E-state index contributed by atoms with van der Waals surface area (Å²) in [4.78, 5) is 25.4. The second-order valence-electron chi connectivity index (χ2n) is 12.8. The highest BCUT2D eigenvalue weighted by Crippen LogP contribution is 2.82. The van der Waals surface area contributed by atoms with E-state index in [1.54, 1.807) is 12.3 Å². The summed E-state index contributed by atoms with van der Waals surface area (Å²) in [5.74, 6) is -0.386. The van der Waals surface area contributed by atoms with E-state index >= 15 is 0 Å². The summed E-state index contributed by atoms with van der Waals surface area (Å²) in [5, 5.41) is 12.0. The van der Waals surface area contributed by atoms with Gasteiger partial charge < -0.3 is 19.0 Å². The fraction of sp³-hybridized carbons (Fsp3) is 0.714. The molecule has 4 aliphatic carbocycles. The van der Waals surface area contributed by atoms with Gasteiger partial charge in [-0.05, 0) is 54.2 Å². The summed E-state index contributed by atoms with van der Waals surface area (Å²) < 4.78 is 18.2. The van der Waals surface area contributed by atoms with Crippen molar-refractivity contribution in [3.05, 3.63) is 36.3 Å². The number of hydrogen-bond acceptors (Lipinski definition) is 6. The third kappa shape index (κ3) is 2.26. The highest BCUT2D eigenvalue weighted by atomic mass is 16.6. The molecule has 184 valence electrons. The minimum Gasteiger partial charge on any atom is -0.472 e. The molecule has 6 heteroatoms. The van der Waals surface area contributed by atoms with Crippen LogP contribution >= 0.6 is 0 Å². The molecule has 0 amide bonds. The molecule has 2 heterocycles. The van der Waals surface area contributed by atoms with Crippen molar-refractivity contribution in [1.82, 2.24) is 0 Å². The number of carbonyl (C=O) groups is 2. The average Bonchev–Trinajstić information content (AvgIpc) is 3.11. The first-order valence-corrected chi connectivity index (χ1v) is 12.6. The number of furan rings is 1. The van der Waals surface area contributed by atoms with Crippen LogP contribution in [0.25, 0.3) is 0 Å². The number of aliphatic hydroxyl groups is 1. The largest absolute Gasteiger partial charge is 0.472 e. The number of fused-ring (bicyclic) bond motifs is 3. The van der Waals surface area contributed by atoms with E-state index in [9.17, 15) is 14.7 Å². The van der Waals surface area contributed by atoms with Gasteiger partial charge in [-0.1, -0.05) is 40.7 Å². The lowest BCUT2D eigenvalue weighted by molar-refractivity contribution is -0.269. The van der Waals surface area contributed by atoms with Crippen LogP contribution in [-0.2, 0) is 19.1 Å². The first kappa shape index (κ1) is 22.5. The average molecular weight is 469 g/mol. The molecule has 1 aromatic rings. The number of rotatable bonds is 2. The topological polar surface area (TPSA) is 89.3 Å².